The van der Waals surface area contributed by atoms with Gasteiger partial charge in [-0.15, -0.1) is 6.42 Å². The van der Waals surface area contributed by atoms with Crippen LogP contribution in [-0.2, 0) is 4.74 Å². The summed E-state index contributed by atoms with van der Waals surface area (Å²) in [5, 5.41) is 13.5. The molecule has 0 spiro atoms. The third-order valence-corrected chi connectivity index (χ3v) is 3.42. The van der Waals surface area contributed by atoms with Crippen LogP contribution >= 0.6 is 11.6 Å². The van der Waals surface area contributed by atoms with Gasteiger partial charge in [-0.1, -0.05) is 17.5 Å². The van der Waals surface area contributed by atoms with Crippen LogP contribution in [0.1, 0.15) is 11.1 Å². The normalized spacial score (nSPS) is 23.4. The Morgan fingerprint density at radius 2 is 2.29 bits per heavy atom. The predicted octanol–water partition coefficient (Wildman–Crippen LogP) is 1.80. The first-order valence-electron chi connectivity index (χ1n) is 5.41. The Bertz CT molecular complexity index is 467. The van der Waals surface area contributed by atoms with Crippen LogP contribution in [0.2, 0.25) is 5.02 Å². The van der Waals surface area contributed by atoms with Crippen molar-refractivity contribution in [1.82, 2.24) is 0 Å². The quantitative estimate of drug-likeness (QED) is 0.788. The Morgan fingerprint density at radius 1 is 1.53 bits per heavy atom. The number of anilines is 1. The standard InChI is InChI=1S/C13H14ClNO2/c1-3-9-4-5-10(8(2)13(9)14)15-11-6-17-7-12(11)16/h1,4-5,11-12,15-16H,6-7H2,2H3/t11-,12+/m1/s1. The number of ether oxygens (including phenoxy) is 1. The van der Waals surface area contributed by atoms with Gasteiger partial charge in [-0.2, -0.15) is 0 Å². The van der Waals surface area contributed by atoms with Crippen LogP contribution in [0.4, 0.5) is 5.69 Å². The van der Waals surface area contributed by atoms with E-state index < -0.39 is 6.10 Å². The molecule has 0 unspecified atom stereocenters. The van der Waals surface area contributed by atoms with Gasteiger partial charge in [-0.25, -0.2) is 0 Å². The van der Waals surface area contributed by atoms with Crippen LogP contribution in [0.15, 0.2) is 12.1 Å². The molecule has 0 aliphatic carbocycles. The zero-order chi connectivity index (χ0) is 12.4. The molecule has 1 saturated heterocycles. The second kappa shape index (κ2) is 4.97. The molecule has 2 N–H and O–H groups in total. The minimum Gasteiger partial charge on any atom is -0.388 e. The Morgan fingerprint density at radius 3 is 2.88 bits per heavy atom. The van der Waals surface area contributed by atoms with Gasteiger partial charge in [0.2, 0.25) is 0 Å². The second-order valence-corrected chi connectivity index (χ2v) is 4.48. The first-order valence-corrected chi connectivity index (χ1v) is 5.79. The summed E-state index contributed by atoms with van der Waals surface area (Å²) < 4.78 is 5.18. The molecule has 3 nitrogen and oxygen atoms in total. The lowest BCUT2D eigenvalue weighted by Gasteiger charge is -2.18. The maximum atomic E-state index is 9.66. The average Bonchev–Trinajstić information content (AvgIpc) is 2.71. The van der Waals surface area contributed by atoms with Crippen LogP contribution in [0.25, 0.3) is 0 Å². The number of rotatable bonds is 2. The number of nitrogens with one attached hydrogen (secondary N) is 1. The molecule has 1 fully saturated rings. The van der Waals surface area contributed by atoms with Crippen molar-refractivity contribution in [3.05, 3.63) is 28.3 Å². The summed E-state index contributed by atoms with van der Waals surface area (Å²) in [7, 11) is 0. The molecule has 1 aromatic carbocycles. The molecule has 90 valence electrons. The lowest BCUT2D eigenvalue weighted by Crippen LogP contribution is -2.32. The van der Waals surface area contributed by atoms with Crippen LogP contribution in [0, 0.1) is 19.3 Å². The molecule has 17 heavy (non-hydrogen) atoms. The maximum Gasteiger partial charge on any atom is 0.0996 e. The monoisotopic (exact) mass is 251 g/mol. The number of hydrogen-bond acceptors (Lipinski definition) is 3. The molecule has 0 bridgehead atoms. The van der Waals surface area contributed by atoms with Crippen molar-refractivity contribution in [3.8, 4) is 12.3 Å². The first-order chi connectivity index (χ1) is 8.13. The molecule has 0 saturated carbocycles. The molecular formula is C13H14ClNO2. The van der Waals surface area contributed by atoms with E-state index in [0.29, 0.717) is 23.8 Å². The van der Waals surface area contributed by atoms with E-state index in [1.165, 1.54) is 0 Å². The number of aliphatic hydroxyl groups is 1. The van der Waals surface area contributed by atoms with Gasteiger partial charge in [0.15, 0.2) is 0 Å². The van der Waals surface area contributed by atoms with Gasteiger partial charge in [-0.3, -0.25) is 0 Å². The SMILES string of the molecule is C#Cc1ccc(N[C@@H]2COC[C@@H]2O)c(C)c1Cl. The number of benzene rings is 1. The summed E-state index contributed by atoms with van der Waals surface area (Å²) in [5.41, 5.74) is 2.45. The molecule has 1 aliphatic rings. The van der Waals surface area contributed by atoms with E-state index in [4.69, 9.17) is 22.8 Å². The molecule has 0 amide bonds. The lowest BCUT2D eigenvalue weighted by atomic mass is 10.1. The van der Waals surface area contributed by atoms with Crippen molar-refractivity contribution in [1.29, 1.82) is 0 Å². The van der Waals surface area contributed by atoms with Crippen molar-refractivity contribution in [2.75, 3.05) is 18.5 Å². The molecule has 2 atom stereocenters. The summed E-state index contributed by atoms with van der Waals surface area (Å²) >= 11 is 6.14. The van der Waals surface area contributed by atoms with Gasteiger partial charge >= 0.3 is 0 Å². The summed E-state index contributed by atoms with van der Waals surface area (Å²) in [6, 6.07) is 3.57. The Hall–Kier alpha value is -1.21. The molecule has 1 aromatic rings. The van der Waals surface area contributed by atoms with E-state index in [2.05, 4.69) is 11.2 Å². The van der Waals surface area contributed by atoms with Gasteiger partial charge in [0.1, 0.15) is 0 Å². The van der Waals surface area contributed by atoms with Gasteiger partial charge in [0.05, 0.1) is 30.4 Å². The fourth-order valence-electron chi connectivity index (χ4n) is 1.83. The number of hydrogen-bond donors (Lipinski definition) is 2. The van der Waals surface area contributed by atoms with Gasteiger partial charge < -0.3 is 15.2 Å². The third kappa shape index (κ3) is 2.39. The Labute approximate surface area is 106 Å². The molecule has 4 heteroatoms. The van der Waals surface area contributed by atoms with Crippen molar-refractivity contribution in [2.24, 2.45) is 0 Å². The van der Waals surface area contributed by atoms with E-state index in [1.807, 2.05) is 13.0 Å². The summed E-state index contributed by atoms with van der Waals surface area (Å²) in [6.07, 6.45) is 4.85. The highest BCUT2D eigenvalue weighted by molar-refractivity contribution is 6.32. The molecule has 1 aliphatic heterocycles. The minimum atomic E-state index is -0.486. The van der Waals surface area contributed by atoms with Gasteiger partial charge in [0.25, 0.3) is 0 Å². The topological polar surface area (TPSA) is 41.5 Å². The van der Waals surface area contributed by atoms with Gasteiger partial charge in [0, 0.05) is 11.3 Å². The van der Waals surface area contributed by atoms with Gasteiger partial charge in [-0.05, 0) is 24.6 Å². The average molecular weight is 252 g/mol. The Kier molecular flexibility index (Phi) is 3.58. The third-order valence-electron chi connectivity index (χ3n) is 2.93. The summed E-state index contributed by atoms with van der Waals surface area (Å²) in [4.78, 5) is 0. The van der Waals surface area contributed by atoms with E-state index >= 15 is 0 Å². The van der Waals surface area contributed by atoms with Crippen molar-refractivity contribution in [3.63, 3.8) is 0 Å². The van der Waals surface area contributed by atoms with E-state index in [1.54, 1.807) is 6.07 Å². The zero-order valence-electron chi connectivity index (χ0n) is 9.53. The maximum absolute atomic E-state index is 9.66. The molecule has 0 radical (unpaired) electrons. The Balaban J connectivity index is 2.22. The van der Waals surface area contributed by atoms with Crippen molar-refractivity contribution < 1.29 is 9.84 Å². The minimum absolute atomic E-state index is 0.0959. The highest BCUT2D eigenvalue weighted by Crippen LogP contribution is 2.28. The van der Waals surface area contributed by atoms with Crippen molar-refractivity contribution >= 4 is 17.3 Å². The smallest absolute Gasteiger partial charge is 0.0996 e. The molecule has 0 aromatic heterocycles. The number of aliphatic hydroxyl groups excluding tert-OH is 1. The molecule has 1 heterocycles. The largest absolute Gasteiger partial charge is 0.388 e. The van der Waals surface area contributed by atoms with E-state index in [-0.39, 0.29) is 6.04 Å². The fraction of sp³-hybridized carbons (Fsp3) is 0.385. The molecule has 2 rings (SSSR count). The predicted molar refractivity (Wildman–Crippen MR) is 68.4 cm³/mol. The first kappa shape index (κ1) is 12.3. The zero-order valence-corrected chi connectivity index (χ0v) is 10.3. The summed E-state index contributed by atoms with van der Waals surface area (Å²) in [5.74, 6) is 2.53. The fourth-order valence-corrected chi connectivity index (χ4v) is 2.05. The highest BCUT2D eigenvalue weighted by atomic mass is 35.5. The van der Waals surface area contributed by atoms with Crippen LogP contribution in [0.3, 0.4) is 0 Å². The number of terminal acetylenes is 1. The van der Waals surface area contributed by atoms with E-state index in [0.717, 1.165) is 11.3 Å². The van der Waals surface area contributed by atoms with Crippen molar-refractivity contribution in [2.45, 2.75) is 19.1 Å². The van der Waals surface area contributed by atoms with Crippen LogP contribution in [-0.4, -0.2) is 30.5 Å². The summed E-state index contributed by atoms with van der Waals surface area (Å²) in [6.45, 7) is 2.76. The lowest BCUT2D eigenvalue weighted by molar-refractivity contribution is 0.125. The number of halogens is 1. The molecular weight excluding hydrogens is 238 g/mol. The van der Waals surface area contributed by atoms with Crippen LogP contribution in [0.5, 0.6) is 0 Å². The van der Waals surface area contributed by atoms with E-state index in [9.17, 15) is 5.11 Å². The highest BCUT2D eigenvalue weighted by Gasteiger charge is 2.26. The second-order valence-electron chi connectivity index (χ2n) is 4.10. The van der Waals surface area contributed by atoms with Crippen LogP contribution < -0.4 is 5.32 Å².